The molecular weight excluding hydrogens is 329 g/mol. The second kappa shape index (κ2) is 9.83. The van der Waals surface area contributed by atoms with Crippen LogP contribution in [-0.4, -0.2) is 74.3 Å². The van der Waals surface area contributed by atoms with Crippen molar-refractivity contribution in [3.63, 3.8) is 0 Å². The van der Waals surface area contributed by atoms with Crippen molar-refractivity contribution in [2.75, 3.05) is 40.6 Å². The number of hydrogen-bond donors (Lipinski definition) is 0. The molecule has 0 saturated heterocycles. The van der Waals surface area contributed by atoms with Gasteiger partial charge in [0.1, 0.15) is 0 Å². The minimum absolute atomic E-state index is 0.0246. The Bertz CT molecular complexity index is 250. The minimum Gasteiger partial charge on any atom is -0.452 e. The average molecular weight is 344 g/mol. The molecule has 126 valence electrons. The van der Waals surface area contributed by atoms with Gasteiger partial charge in [0.25, 0.3) is 0 Å². The summed E-state index contributed by atoms with van der Waals surface area (Å²) in [5.74, 6) is 0. The fourth-order valence-electron chi connectivity index (χ4n) is 1.03. The van der Waals surface area contributed by atoms with E-state index in [0.29, 0.717) is 0 Å². The molecule has 0 N–H and O–H groups in total. The lowest BCUT2D eigenvalue weighted by Gasteiger charge is -2.25. The van der Waals surface area contributed by atoms with E-state index in [1.165, 1.54) is 14.2 Å². The van der Waals surface area contributed by atoms with Gasteiger partial charge in [0, 0.05) is 27.4 Å². The Morgan fingerprint density at radius 2 is 1.14 bits per heavy atom. The molecule has 0 aromatic heterocycles. The molecule has 0 rings (SSSR count). The van der Waals surface area contributed by atoms with E-state index < -0.39 is 33.6 Å². The third-order valence-corrected chi connectivity index (χ3v) is 3.43. The van der Waals surface area contributed by atoms with E-state index in [-0.39, 0.29) is 26.4 Å². The van der Waals surface area contributed by atoms with Crippen LogP contribution in [0.5, 0.6) is 0 Å². The standard InChI is InChI=1S/C3HF6O.2C3H7O2.Al/c4-2(5,6)1(10)3(7,8)9;2*1-5-3-2-4;/h1H;2*2-3H2,1H3;/q3*-1;+3. The number of rotatable bonds is 10. The van der Waals surface area contributed by atoms with E-state index in [0.717, 1.165) is 0 Å². The van der Waals surface area contributed by atoms with Crippen LogP contribution >= 0.6 is 0 Å². The van der Waals surface area contributed by atoms with Gasteiger partial charge in [-0.05, 0) is 0 Å². The lowest BCUT2D eigenvalue weighted by atomic mass is 10.3. The van der Waals surface area contributed by atoms with Crippen LogP contribution in [-0.2, 0) is 20.8 Å². The summed E-state index contributed by atoms with van der Waals surface area (Å²) in [7, 11) is 2.58. The summed E-state index contributed by atoms with van der Waals surface area (Å²) < 4.78 is 96.9. The largest absolute Gasteiger partial charge is 0.906 e. The highest BCUT2D eigenvalue weighted by atomic mass is 27.3. The van der Waals surface area contributed by atoms with E-state index in [4.69, 9.17) is 7.58 Å². The first kappa shape index (κ1) is 20.9. The van der Waals surface area contributed by atoms with Crippen LogP contribution in [0.15, 0.2) is 0 Å². The van der Waals surface area contributed by atoms with Crippen molar-refractivity contribution in [2.45, 2.75) is 18.5 Å². The van der Waals surface area contributed by atoms with Crippen LogP contribution in [0.4, 0.5) is 26.3 Å². The van der Waals surface area contributed by atoms with E-state index in [1.54, 1.807) is 0 Å². The number of halogens is 6. The van der Waals surface area contributed by atoms with Gasteiger partial charge in [0.05, 0.1) is 13.2 Å². The number of ether oxygens (including phenoxy) is 2. The first-order chi connectivity index (χ1) is 9.62. The van der Waals surface area contributed by atoms with Crippen LogP contribution in [0.1, 0.15) is 0 Å². The SMILES string of the molecule is COCC[O][Al]([O]CCOC)[O]C(C(F)(F)F)C(F)(F)F. The van der Waals surface area contributed by atoms with Crippen molar-refractivity contribution in [3.05, 3.63) is 0 Å². The first-order valence-corrected chi connectivity index (χ1v) is 7.04. The lowest BCUT2D eigenvalue weighted by molar-refractivity contribution is -0.307. The Labute approximate surface area is 122 Å². The highest BCUT2D eigenvalue weighted by Crippen LogP contribution is 2.36. The van der Waals surface area contributed by atoms with Crippen molar-refractivity contribution in [3.8, 4) is 0 Å². The molecule has 0 unspecified atom stereocenters. The molecule has 0 aromatic rings. The topological polar surface area (TPSA) is 46.2 Å². The molecule has 12 heteroatoms. The molecule has 0 fully saturated rings. The fourth-order valence-corrected chi connectivity index (χ4v) is 2.39. The molecule has 0 heterocycles. The molecule has 0 aliphatic rings. The van der Waals surface area contributed by atoms with E-state index in [1.807, 2.05) is 0 Å². The van der Waals surface area contributed by atoms with Crippen LogP contribution in [0.3, 0.4) is 0 Å². The van der Waals surface area contributed by atoms with Gasteiger partial charge in [-0.3, -0.25) is 0 Å². The van der Waals surface area contributed by atoms with Gasteiger partial charge in [0.15, 0.2) is 0 Å². The summed E-state index contributed by atoms with van der Waals surface area (Å²) in [5, 5.41) is 0. The van der Waals surface area contributed by atoms with Crippen molar-refractivity contribution in [1.29, 1.82) is 0 Å². The molecule has 0 spiro atoms. The second-order valence-electron chi connectivity index (χ2n) is 3.62. The Morgan fingerprint density at radius 1 is 0.762 bits per heavy atom. The zero-order valence-corrected chi connectivity index (χ0v) is 12.4. The fraction of sp³-hybridized carbons (Fsp3) is 1.00. The molecule has 0 atom stereocenters. The highest BCUT2D eigenvalue weighted by molar-refractivity contribution is 6.36. The summed E-state index contributed by atoms with van der Waals surface area (Å²) in [6, 6.07) is 0. The van der Waals surface area contributed by atoms with Crippen molar-refractivity contribution in [2.24, 2.45) is 0 Å². The lowest BCUT2D eigenvalue weighted by Crippen LogP contribution is -2.49. The van der Waals surface area contributed by atoms with E-state index >= 15 is 0 Å². The number of methoxy groups -OCH3 is 2. The Hall–Kier alpha value is -0.0875. The van der Waals surface area contributed by atoms with Gasteiger partial charge in [-0.15, -0.1) is 0 Å². The van der Waals surface area contributed by atoms with Gasteiger partial charge in [-0.25, -0.2) is 0 Å². The smallest absolute Gasteiger partial charge is 0.452 e. The zero-order chi connectivity index (χ0) is 16.5. The van der Waals surface area contributed by atoms with E-state index in [2.05, 4.69) is 13.3 Å². The van der Waals surface area contributed by atoms with Crippen molar-refractivity contribution >= 4 is 15.1 Å². The summed E-state index contributed by atoms with van der Waals surface area (Å²) in [4.78, 5) is 0. The summed E-state index contributed by atoms with van der Waals surface area (Å²) in [6.07, 6.45) is -15.2. The quantitative estimate of drug-likeness (QED) is 0.344. The molecule has 0 radical (unpaired) electrons. The Balaban J connectivity index is 4.70. The van der Waals surface area contributed by atoms with E-state index in [9.17, 15) is 26.3 Å². The third kappa shape index (κ3) is 9.52. The summed E-state index contributed by atoms with van der Waals surface area (Å²) in [5.41, 5.74) is 0. The molecule has 0 amide bonds. The summed E-state index contributed by atoms with van der Waals surface area (Å²) >= 11 is -3.65. The van der Waals surface area contributed by atoms with Gasteiger partial charge in [0.2, 0.25) is 6.10 Å². The second-order valence-corrected chi connectivity index (χ2v) is 5.13. The number of alkyl halides is 6. The average Bonchev–Trinajstić information content (AvgIpc) is 2.32. The maximum atomic E-state index is 12.4. The normalized spacial score (nSPS) is 13.0. The van der Waals surface area contributed by atoms with Gasteiger partial charge in [-0.1, -0.05) is 0 Å². The molecular formula is C9H15AlF6O5. The molecule has 21 heavy (non-hydrogen) atoms. The number of hydrogen-bond acceptors (Lipinski definition) is 5. The highest BCUT2D eigenvalue weighted by Gasteiger charge is 2.60. The van der Waals surface area contributed by atoms with Crippen LogP contribution in [0, 0.1) is 0 Å². The monoisotopic (exact) mass is 344 g/mol. The molecule has 5 nitrogen and oxygen atoms in total. The Morgan fingerprint density at radius 3 is 1.43 bits per heavy atom. The first-order valence-electron chi connectivity index (χ1n) is 5.63. The van der Waals surface area contributed by atoms with Crippen molar-refractivity contribution in [1.82, 2.24) is 0 Å². The summed E-state index contributed by atoms with van der Waals surface area (Å²) in [6.45, 7) is -0.544. The zero-order valence-electron chi connectivity index (χ0n) is 11.3. The van der Waals surface area contributed by atoms with Gasteiger partial charge >= 0.3 is 27.5 Å². The molecule has 0 aromatic carbocycles. The predicted molar refractivity (Wildman–Crippen MR) is 58.4 cm³/mol. The molecule has 0 aliphatic heterocycles. The minimum atomic E-state index is -5.61. The maximum absolute atomic E-state index is 12.4. The predicted octanol–water partition coefficient (Wildman–Crippen LogP) is 1.81. The van der Waals surface area contributed by atoms with Gasteiger partial charge in [-0.2, -0.15) is 26.3 Å². The third-order valence-electron chi connectivity index (χ3n) is 1.92. The van der Waals surface area contributed by atoms with Crippen LogP contribution in [0.25, 0.3) is 0 Å². The molecule has 0 bridgehead atoms. The Kier molecular flexibility index (Phi) is 9.79. The van der Waals surface area contributed by atoms with Crippen LogP contribution < -0.4 is 0 Å². The molecule has 0 saturated carbocycles. The molecule has 0 aliphatic carbocycles. The maximum Gasteiger partial charge on any atom is 0.906 e. The van der Waals surface area contributed by atoms with Gasteiger partial charge < -0.3 is 20.8 Å². The van der Waals surface area contributed by atoms with Crippen molar-refractivity contribution < 1.29 is 47.2 Å². The van der Waals surface area contributed by atoms with Crippen LogP contribution in [0.2, 0.25) is 0 Å².